The second kappa shape index (κ2) is 5.59. The highest BCUT2D eigenvalue weighted by molar-refractivity contribution is 6.44. The Labute approximate surface area is 130 Å². The second-order valence-corrected chi connectivity index (χ2v) is 5.46. The highest BCUT2D eigenvalue weighted by Gasteiger charge is 2.15. The molecule has 0 heterocycles. The molecular formula is C13H7Cl4NO. The molecule has 0 unspecified atom stereocenters. The Kier molecular flexibility index (Phi) is 4.26. The fourth-order valence-electron chi connectivity index (χ4n) is 1.68. The molecule has 2 N–H and O–H groups in total. The number of hydrogen-bond donors (Lipinski definition) is 1. The summed E-state index contributed by atoms with van der Waals surface area (Å²) in [6, 6.07) is 7.80. The van der Waals surface area contributed by atoms with Crippen LogP contribution in [-0.4, -0.2) is 5.91 Å². The van der Waals surface area contributed by atoms with E-state index in [4.69, 9.17) is 52.1 Å². The van der Waals surface area contributed by atoms with E-state index in [1.807, 2.05) is 0 Å². The molecule has 2 aromatic rings. The molecule has 0 radical (unpaired) electrons. The fourth-order valence-corrected chi connectivity index (χ4v) is 2.50. The Balaban J connectivity index is 2.74. The summed E-state index contributed by atoms with van der Waals surface area (Å²) in [5.41, 5.74) is 6.71. The summed E-state index contributed by atoms with van der Waals surface area (Å²) in [4.78, 5) is 11.4. The Hall–Kier alpha value is -0.930. The zero-order valence-electron chi connectivity index (χ0n) is 9.38. The number of carbonyl (C=O) groups is 1. The molecule has 2 rings (SSSR count). The fraction of sp³-hybridized carbons (Fsp3) is 0. The zero-order valence-corrected chi connectivity index (χ0v) is 12.4. The van der Waals surface area contributed by atoms with Gasteiger partial charge in [0.05, 0.1) is 15.1 Å². The molecule has 98 valence electrons. The van der Waals surface area contributed by atoms with Gasteiger partial charge >= 0.3 is 0 Å². The van der Waals surface area contributed by atoms with E-state index in [9.17, 15) is 4.79 Å². The third-order valence-electron chi connectivity index (χ3n) is 2.55. The molecule has 1 amide bonds. The third kappa shape index (κ3) is 2.98. The Morgan fingerprint density at radius 3 is 2.11 bits per heavy atom. The van der Waals surface area contributed by atoms with E-state index in [0.29, 0.717) is 36.8 Å². The van der Waals surface area contributed by atoms with Crippen molar-refractivity contribution in [2.45, 2.75) is 0 Å². The summed E-state index contributed by atoms with van der Waals surface area (Å²) in [7, 11) is 0. The summed E-state index contributed by atoms with van der Waals surface area (Å²) < 4.78 is 0. The number of nitrogens with two attached hydrogens (primary N) is 1. The minimum atomic E-state index is -0.575. The summed E-state index contributed by atoms with van der Waals surface area (Å²) in [6.45, 7) is 0. The van der Waals surface area contributed by atoms with Gasteiger partial charge in [-0.2, -0.15) is 0 Å². The van der Waals surface area contributed by atoms with E-state index in [2.05, 4.69) is 0 Å². The first-order chi connectivity index (χ1) is 8.90. The molecule has 0 saturated heterocycles. The van der Waals surface area contributed by atoms with Crippen LogP contribution in [0.5, 0.6) is 0 Å². The number of halogens is 4. The van der Waals surface area contributed by atoms with Crippen molar-refractivity contribution in [1.29, 1.82) is 0 Å². The van der Waals surface area contributed by atoms with Crippen molar-refractivity contribution in [3.05, 3.63) is 56.0 Å². The molecule has 0 aliphatic carbocycles. The number of hydrogen-bond acceptors (Lipinski definition) is 1. The van der Waals surface area contributed by atoms with Crippen LogP contribution >= 0.6 is 46.4 Å². The van der Waals surface area contributed by atoms with Crippen LogP contribution in [0.15, 0.2) is 30.3 Å². The first kappa shape index (κ1) is 14.5. The van der Waals surface area contributed by atoms with E-state index in [1.54, 1.807) is 24.3 Å². The first-order valence-corrected chi connectivity index (χ1v) is 6.65. The molecule has 0 fully saturated rings. The molecule has 2 nitrogen and oxygen atoms in total. The van der Waals surface area contributed by atoms with Gasteiger partial charge in [0.25, 0.3) is 0 Å². The monoisotopic (exact) mass is 333 g/mol. The van der Waals surface area contributed by atoms with Gasteiger partial charge in [0.15, 0.2) is 0 Å². The third-order valence-corrected chi connectivity index (χ3v) is 3.82. The molecule has 0 aliphatic rings. The molecule has 6 heteroatoms. The molecule has 2 aromatic carbocycles. The number of rotatable bonds is 2. The quantitative estimate of drug-likeness (QED) is 0.766. The lowest BCUT2D eigenvalue weighted by Gasteiger charge is -2.11. The van der Waals surface area contributed by atoms with E-state index < -0.39 is 5.91 Å². The Bertz CT molecular complexity index is 670. The van der Waals surface area contributed by atoms with Gasteiger partial charge in [0.1, 0.15) is 0 Å². The lowest BCUT2D eigenvalue weighted by Crippen LogP contribution is -2.12. The van der Waals surface area contributed by atoms with E-state index >= 15 is 0 Å². The van der Waals surface area contributed by atoms with Gasteiger partial charge in [-0.15, -0.1) is 0 Å². The second-order valence-electron chi connectivity index (χ2n) is 3.80. The predicted molar refractivity (Wildman–Crippen MR) is 80.4 cm³/mol. The van der Waals surface area contributed by atoms with Crippen LogP contribution in [0.25, 0.3) is 11.1 Å². The molecular weight excluding hydrogens is 328 g/mol. The van der Waals surface area contributed by atoms with Gasteiger partial charge in [-0.25, -0.2) is 0 Å². The molecule has 0 atom stereocenters. The number of benzene rings is 2. The largest absolute Gasteiger partial charge is 0.366 e. The normalized spacial score (nSPS) is 10.5. The average Bonchev–Trinajstić information content (AvgIpc) is 2.33. The summed E-state index contributed by atoms with van der Waals surface area (Å²) >= 11 is 23.9. The number of primary amides is 1. The van der Waals surface area contributed by atoms with Crippen LogP contribution in [0.3, 0.4) is 0 Å². The van der Waals surface area contributed by atoms with Crippen molar-refractivity contribution in [2.75, 3.05) is 0 Å². The predicted octanol–water partition coefficient (Wildman–Crippen LogP) is 5.07. The van der Waals surface area contributed by atoms with Crippen LogP contribution in [-0.2, 0) is 0 Å². The highest BCUT2D eigenvalue weighted by atomic mass is 35.5. The van der Waals surface area contributed by atoms with Gasteiger partial charge in [-0.3, -0.25) is 4.79 Å². The minimum absolute atomic E-state index is 0.310. The average molecular weight is 335 g/mol. The molecule has 0 aromatic heterocycles. The van der Waals surface area contributed by atoms with Gasteiger partial charge in [0, 0.05) is 16.1 Å². The van der Waals surface area contributed by atoms with E-state index in [1.165, 1.54) is 6.07 Å². The van der Waals surface area contributed by atoms with Crippen LogP contribution in [0.1, 0.15) is 10.4 Å². The van der Waals surface area contributed by atoms with Crippen LogP contribution in [0.4, 0.5) is 0 Å². The topological polar surface area (TPSA) is 43.1 Å². The maximum absolute atomic E-state index is 11.4. The van der Waals surface area contributed by atoms with E-state index in [0.717, 1.165) is 0 Å². The number of amides is 1. The maximum atomic E-state index is 11.4. The van der Waals surface area contributed by atoms with Gasteiger partial charge in [0.2, 0.25) is 5.91 Å². The Morgan fingerprint density at radius 2 is 1.47 bits per heavy atom. The van der Waals surface area contributed by atoms with Gasteiger partial charge in [-0.1, -0.05) is 46.4 Å². The van der Waals surface area contributed by atoms with Crippen molar-refractivity contribution in [2.24, 2.45) is 5.73 Å². The smallest absolute Gasteiger partial charge is 0.249 e. The molecule has 0 spiro atoms. The highest BCUT2D eigenvalue weighted by Crippen LogP contribution is 2.37. The van der Waals surface area contributed by atoms with Gasteiger partial charge in [-0.05, 0) is 35.9 Å². The summed E-state index contributed by atoms with van der Waals surface area (Å²) in [6.07, 6.45) is 0. The summed E-state index contributed by atoms with van der Waals surface area (Å²) in [5.74, 6) is -0.575. The van der Waals surface area contributed by atoms with E-state index in [-0.39, 0.29) is 0 Å². The molecule has 0 aliphatic heterocycles. The van der Waals surface area contributed by atoms with Gasteiger partial charge < -0.3 is 5.73 Å². The summed E-state index contributed by atoms with van der Waals surface area (Å²) in [5, 5.41) is 1.48. The van der Waals surface area contributed by atoms with Crippen LogP contribution in [0, 0.1) is 0 Å². The minimum Gasteiger partial charge on any atom is -0.366 e. The van der Waals surface area contributed by atoms with Crippen molar-refractivity contribution >= 4 is 52.3 Å². The van der Waals surface area contributed by atoms with Crippen molar-refractivity contribution in [3.8, 4) is 11.1 Å². The lowest BCUT2D eigenvalue weighted by atomic mass is 9.99. The van der Waals surface area contributed by atoms with Crippen LogP contribution in [0.2, 0.25) is 20.1 Å². The Morgan fingerprint density at radius 1 is 0.842 bits per heavy atom. The lowest BCUT2D eigenvalue weighted by molar-refractivity contribution is 0.100. The molecule has 0 bridgehead atoms. The first-order valence-electron chi connectivity index (χ1n) is 5.14. The number of carbonyl (C=O) groups excluding carboxylic acids is 1. The van der Waals surface area contributed by atoms with Crippen molar-refractivity contribution < 1.29 is 4.79 Å². The van der Waals surface area contributed by atoms with Crippen molar-refractivity contribution in [3.63, 3.8) is 0 Å². The van der Waals surface area contributed by atoms with Crippen molar-refractivity contribution in [1.82, 2.24) is 0 Å². The van der Waals surface area contributed by atoms with Crippen LogP contribution < -0.4 is 5.73 Å². The molecule has 19 heavy (non-hydrogen) atoms. The standard InChI is InChI=1S/C13H7Cl4NO/c14-6-1-2-7(13(18)19)8(3-6)9-4-11(16)12(17)5-10(9)15/h1-5H,(H2,18,19). The SMILES string of the molecule is NC(=O)c1ccc(Cl)cc1-c1cc(Cl)c(Cl)cc1Cl. The molecule has 0 saturated carbocycles. The maximum Gasteiger partial charge on any atom is 0.249 e. The zero-order chi connectivity index (χ0) is 14.2.